The molecule has 1 atom stereocenters. The van der Waals surface area contributed by atoms with E-state index in [9.17, 15) is 9.59 Å². The minimum Gasteiger partial charge on any atom is -0.497 e. The Morgan fingerprint density at radius 2 is 1.88 bits per heavy atom. The third kappa shape index (κ3) is 2.64. The number of esters is 1. The van der Waals surface area contributed by atoms with Gasteiger partial charge in [-0.1, -0.05) is 12.1 Å². The molecule has 0 saturated heterocycles. The second-order valence-electron chi connectivity index (χ2n) is 3.92. The van der Waals surface area contributed by atoms with Gasteiger partial charge in [0.1, 0.15) is 12.0 Å². The van der Waals surface area contributed by atoms with Crippen molar-refractivity contribution in [3.8, 4) is 5.75 Å². The normalized spacial score (nSPS) is 13.6. The Balaban J connectivity index is 3.12. The summed E-state index contributed by atoms with van der Waals surface area (Å²) in [7, 11) is 2.88. The topological polar surface area (TPSA) is 52.6 Å². The molecule has 92 valence electrons. The lowest BCUT2D eigenvalue weighted by Crippen LogP contribution is -2.34. The maximum atomic E-state index is 11.8. The average molecular weight is 236 g/mol. The van der Waals surface area contributed by atoms with E-state index in [2.05, 4.69) is 0 Å². The molecule has 0 heterocycles. The molecule has 0 unspecified atom stereocenters. The van der Waals surface area contributed by atoms with E-state index >= 15 is 0 Å². The van der Waals surface area contributed by atoms with Crippen molar-refractivity contribution in [2.75, 3.05) is 14.2 Å². The van der Waals surface area contributed by atoms with E-state index in [1.54, 1.807) is 38.3 Å². The number of hydrogen-bond donors (Lipinski definition) is 0. The molecule has 0 spiro atoms. The first-order valence-electron chi connectivity index (χ1n) is 5.25. The van der Waals surface area contributed by atoms with E-state index in [-0.39, 0.29) is 6.42 Å². The molecule has 0 aromatic heterocycles. The Morgan fingerprint density at radius 3 is 2.29 bits per heavy atom. The van der Waals surface area contributed by atoms with Gasteiger partial charge >= 0.3 is 5.97 Å². The van der Waals surface area contributed by atoms with E-state index < -0.39 is 11.4 Å². The summed E-state index contributed by atoms with van der Waals surface area (Å²) in [6.45, 7) is 1.69. The SMILES string of the molecule is COC(=O)[C@@](C)(CC=O)c1ccc(OC)cc1. The number of hydrogen-bond acceptors (Lipinski definition) is 4. The minimum atomic E-state index is -0.942. The van der Waals surface area contributed by atoms with Gasteiger partial charge in [0.2, 0.25) is 0 Å². The largest absolute Gasteiger partial charge is 0.497 e. The van der Waals surface area contributed by atoms with Crippen LogP contribution in [0, 0.1) is 0 Å². The fourth-order valence-corrected chi connectivity index (χ4v) is 1.67. The van der Waals surface area contributed by atoms with Gasteiger partial charge < -0.3 is 14.3 Å². The molecule has 0 saturated carbocycles. The summed E-state index contributed by atoms with van der Waals surface area (Å²) >= 11 is 0. The molecule has 0 bridgehead atoms. The molecule has 0 aliphatic carbocycles. The van der Waals surface area contributed by atoms with E-state index in [4.69, 9.17) is 9.47 Å². The minimum absolute atomic E-state index is 0.0893. The maximum absolute atomic E-state index is 11.8. The number of rotatable bonds is 5. The molecule has 0 aliphatic rings. The molecule has 1 rings (SSSR count). The van der Waals surface area contributed by atoms with Gasteiger partial charge in [-0.15, -0.1) is 0 Å². The van der Waals surface area contributed by atoms with Crippen LogP contribution in [0.3, 0.4) is 0 Å². The van der Waals surface area contributed by atoms with Gasteiger partial charge in [-0.2, -0.15) is 0 Å². The number of methoxy groups -OCH3 is 2. The first-order valence-corrected chi connectivity index (χ1v) is 5.25. The molecule has 0 fully saturated rings. The Labute approximate surface area is 101 Å². The second-order valence-corrected chi connectivity index (χ2v) is 3.92. The number of aldehydes is 1. The van der Waals surface area contributed by atoms with Gasteiger partial charge in [0.05, 0.1) is 19.6 Å². The molecule has 0 amide bonds. The highest BCUT2D eigenvalue weighted by Gasteiger charge is 2.35. The number of carbonyl (C=O) groups is 2. The standard InChI is InChI=1S/C13H16O4/c1-13(8-9-14,12(15)17-3)10-4-6-11(16-2)7-5-10/h4-7,9H,8H2,1-3H3/t13-/m0/s1. The fourth-order valence-electron chi connectivity index (χ4n) is 1.67. The zero-order valence-corrected chi connectivity index (χ0v) is 10.2. The van der Waals surface area contributed by atoms with Crippen molar-refractivity contribution in [3.63, 3.8) is 0 Å². The summed E-state index contributed by atoms with van der Waals surface area (Å²) in [6, 6.07) is 7.03. The summed E-state index contributed by atoms with van der Waals surface area (Å²) in [5.41, 5.74) is -0.208. The van der Waals surface area contributed by atoms with Crippen LogP contribution in [0.25, 0.3) is 0 Å². The van der Waals surface area contributed by atoms with Gasteiger partial charge in [-0.25, -0.2) is 0 Å². The van der Waals surface area contributed by atoms with Crippen molar-refractivity contribution < 1.29 is 19.1 Å². The average Bonchev–Trinajstić information content (AvgIpc) is 2.38. The Hall–Kier alpha value is -1.84. The highest BCUT2D eigenvalue weighted by molar-refractivity contribution is 5.85. The van der Waals surface area contributed by atoms with Gasteiger partial charge in [0, 0.05) is 6.42 Å². The predicted octanol–water partition coefficient (Wildman–Crippen LogP) is 1.71. The van der Waals surface area contributed by atoms with E-state index in [0.29, 0.717) is 5.75 Å². The molecule has 1 aromatic carbocycles. The summed E-state index contributed by atoms with van der Waals surface area (Å²) in [4.78, 5) is 22.5. The van der Waals surface area contributed by atoms with Crippen molar-refractivity contribution in [2.24, 2.45) is 0 Å². The van der Waals surface area contributed by atoms with Crippen LogP contribution in [-0.2, 0) is 19.7 Å². The Morgan fingerprint density at radius 1 is 1.29 bits per heavy atom. The summed E-state index contributed by atoms with van der Waals surface area (Å²) in [6.07, 6.45) is 0.813. The predicted molar refractivity (Wildman–Crippen MR) is 63.0 cm³/mol. The molecule has 4 nitrogen and oxygen atoms in total. The van der Waals surface area contributed by atoms with Gasteiger partial charge in [0.25, 0.3) is 0 Å². The Bertz CT molecular complexity index is 396. The third-order valence-electron chi connectivity index (χ3n) is 2.85. The molecule has 17 heavy (non-hydrogen) atoms. The summed E-state index contributed by atoms with van der Waals surface area (Å²) < 4.78 is 9.79. The van der Waals surface area contributed by atoms with Crippen LogP contribution < -0.4 is 4.74 Å². The maximum Gasteiger partial charge on any atom is 0.316 e. The lowest BCUT2D eigenvalue weighted by molar-refractivity contribution is -0.148. The van der Waals surface area contributed by atoms with Crippen LogP contribution in [0.4, 0.5) is 0 Å². The van der Waals surface area contributed by atoms with E-state index in [1.165, 1.54) is 7.11 Å². The van der Waals surface area contributed by atoms with E-state index in [0.717, 1.165) is 11.8 Å². The number of ether oxygens (including phenoxy) is 2. The molecular weight excluding hydrogens is 220 g/mol. The summed E-state index contributed by atoms with van der Waals surface area (Å²) in [5, 5.41) is 0. The smallest absolute Gasteiger partial charge is 0.316 e. The number of benzene rings is 1. The van der Waals surface area contributed by atoms with Gasteiger partial charge in [-0.05, 0) is 24.6 Å². The van der Waals surface area contributed by atoms with Crippen molar-refractivity contribution >= 4 is 12.3 Å². The van der Waals surface area contributed by atoms with Crippen LogP contribution in [-0.4, -0.2) is 26.5 Å². The zero-order chi connectivity index (χ0) is 12.9. The Kier molecular flexibility index (Phi) is 4.26. The fraction of sp³-hybridized carbons (Fsp3) is 0.385. The molecule has 4 heteroatoms. The second kappa shape index (κ2) is 5.48. The number of carbonyl (C=O) groups excluding carboxylic acids is 2. The third-order valence-corrected chi connectivity index (χ3v) is 2.85. The highest BCUT2D eigenvalue weighted by Crippen LogP contribution is 2.29. The first-order chi connectivity index (χ1) is 8.08. The van der Waals surface area contributed by atoms with Gasteiger partial charge in [0.15, 0.2) is 0 Å². The van der Waals surface area contributed by atoms with Crippen molar-refractivity contribution in [2.45, 2.75) is 18.8 Å². The lowest BCUT2D eigenvalue weighted by Gasteiger charge is -2.25. The molecule has 0 radical (unpaired) electrons. The van der Waals surface area contributed by atoms with E-state index in [1.807, 2.05) is 0 Å². The molecular formula is C13H16O4. The van der Waals surface area contributed by atoms with Crippen molar-refractivity contribution in [3.05, 3.63) is 29.8 Å². The summed E-state index contributed by atoms with van der Waals surface area (Å²) in [5.74, 6) is 0.279. The zero-order valence-electron chi connectivity index (χ0n) is 10.2. The monoisotopic (exact) mass is 236 g/mol. The molecule has 0 N–H and O–H groups in total. The molecule has 0 aliphatic heterocycles. The quantitative estimate of drug-likeness (QED) is 0.577. The lowest BCUT2D eigenvalue weighted by atomic mass is 9.80. The molecule has 1 aromatic rings. The van der Waals surface area contributed by atoms with Crippen LogP contribution in [0.5, 0.6) is 5.75 Å². The van der Waals surface area contributed by atoms with Crippen molar-refractivity contribution in [1.82, 2.24) is 0 Å². The van der Waals surface area contributed by atoms with Gasteiger partial charge in [-0.3, -0.25) is 4.79 Å². The van der Waals surface area contributed by atoms with Crippen molar-refractivity contribution in [1.29, 1.82) is 0 Å². The van der Waals surface area contributed by atoms with Crippen LogP contribution in [0.2, 0.25) is 0 Å². The van der Waals surface area contributed by atoms with Crippen LogP contribution in [0.15, 0.2) is 24.3 Å². The van der Waals surface area contributed by atoms with Crippen LogP contribution in [0.1, 0.15) is 18.9 Å². The first kappa shape index (κ1) is 13.2. The van der Waals surface area contributed by atoms with Crippen LogP contribution >= 0.6 is 0 Å². The highest BCUT2D eigenvalue weighted by atomic mass is 16.5.